The van der Waals surface area contributed by atoms with E-state index < -0.39 is 0 Å². The summed E-state index contributed by atoms with van der Waals surface area (Å²) in [5, 5.41) is 3.15. The van der Waals surface area contributed by atoms with Crippen molar-refractivity contribution in [1.29, 1.82) is 0 Å². The standard InChI is InChI=1S/C10H17N7O2/c1-17-5-6(3-4-7(17)18)12-8-13-9(16-11)15-10(14-8)19-2/h6H,3-5,11H2,1-2H3,(H2,12,13,14,15,16). The minimum Gasteiger partial charge on any atom is -0.467 e. The van der Waals surface area contributed by atoms with Crippen LogP contribution in [0.4, 0.5) is 11.9 Å². The molecule has 104 valence electrons. The number of rotatable bonds is 4. The molecule has 9 heteroatoms. The number of nitrogens with one attached hydrogen (secondary N) is 2. The topological polar surface area (TPSA) is 118 Å². The summed E-state index contributed by atoms with van der Waals surface area (Å²) in [6, 6.07) is 0.270. The monoisotopic (exact) mass is 267 g/mol. The third kappa shape index (κ3) is 3.19. The van der Waals surface area contributed by atoms with Gasteiger partial charge in [0.1, 0.15) is 0 Å². The summed E-state index contributed by atoms with van der Waals surface area (Å²) >= 11 is 0. The first-order valence-electron chi connectivity index (χ1n) is 5.89. The number of methoxy groups -OCH3 is 1. The molecule has 1 aromatic rings. The van der Waals surface area contributed by atoms with Gasteiger partial charge in [-0.1, -0.05) is 0 Å². The average molecular weight is 267 g/mol. The molecule has 0 saturated carbocycles. The minimum absolute atomic E-state index is 0.0976. The van der Waals surface area contributed by atoms with Crippen LogP contribution in [0, 0.1) is 0 Å². The van der Waals surface area contributed by atoms with Crippen molar-refractivity contribution in [2.75, 3.05) is 31.4 Å². The molecule has 2 heterocycles. The maximum atomic E-state index is 11.4. The van der Waals surface area contributed by atoms with E-state index >= 15 is 0 Å². The second-order valence-corrected chi connectivity index (χ2v) is 4.27. The normalized spacial score (nSPS) is 19.2. The van der Waals surface area contributed by atoms with E-state index in [2.05, 4.69) is 25.7 Å². The van der Waals surface area contributed by atoms with E-state index in [-0.39, 0.29) is 23.9 Å². The highest BCUT2D eigenvalue weighted by Gasteiger charge is 2.23. The van der Waals surface area contributed by atoms with Crippen molar-refractivity contribution in [3.8, 4) is 6.01 Å². The Morgan fingerprint density at radius 2 is 2.11 bits per heavy atom. The van der Waals surface area contributed by atoms with Gasteiger partial charge in [-0.25, -0.2) is 5.84 Å². The fraction of sp³-hybridized carbons (Fsp3) is 0.600. The molecule has 1 aliphatic heterocycles. The van der Waals surface area contributed by atoms with Crippen LogP contribution in [0.3, 0.4) is 0 Å². The van der Waals surface area contributed by atoms with Crippen LogP contribution in [0.1, 0.15) is 12.8 Å². The Balaban J connectivity index is 2.08. The summed E-state index contributed by atoms with van der Waals surface area (Å²) in [6.45, 7) is 0.609. The Morgan fingerprint density at radius 1 is 1.37 bits per heavy atom. The number of carbonyl (C=O) groups excluding carboxylic acids is 1. The molecule has 1 amide bonds. The van der Waals surface area contributed by atoms with Crippen molar-refractivity contribution in [3.05, 3.63) is 0 Å². The van der Waals surface area contributed by atoms with Gasteiger partial charge < -0.3 is 15.0 Å². The lowest BCUT2D eigenvalue weighted by Crippen LogP contribution is -2.43. The maximum absolute atomic E-state index is 11.4. The number of nitrogen functional groups attached to an aromatic ring is 1. The number of hydrogen-bond donors (Lipinski definition) is 3. The van der Waals surface area contributed by atoms with Gasteiger partial charge in [-0.05, 0) is 6.42 Å². The largest absolute Gasteiger partial charge is 0.467 e. The third-order valence-corrected chi connectivity index (χ3v) is 2.89. The van der Waals surface area contributed by atoms with E-state index in [0.717, 1.165) is 6.42 Å². The molecule has 1 atom stereocenters. The van der Waals surface area contributed by atoms with E-state index in [1.54, 1.807) is 11.9 Å². The number of hydrazine groups is 1. The predicted molar refractivity (Wildman–Crippen MR) is 68.5 cm³/mol. The van der Waals surface area contributed by atoms with Crippen LogP contribution in [0.15, 0.2) is 0 Å². The van der Waals surface area contributed by atoms with E-state index in [0.29, 0.717) is 18.9 Å². The van der Waals surface area contributed by atoms with Crippen LogP contribution in [-0.4, -0.2) is 52.5 Å². The molecule has 0 aliphatic carbocycles. The maximum Gasteiger partial charge on any atom is 0.322 e. The van der Waals surface area contributed by atoms with Crippen LogP contribution in [0.25, 0.3) is 0 Å². The van der Waals surface area contributed by atoms with Crippen LogP contribution < -0.4 is 21.3 Å². The molecule has 1 aliphatic rings. The van der Waals surface area contributed by atoms with Gasteiger partial charge in [0.2, 0.25) is 17.8 Å². The van der Waals surface area contributed by atoms with E-state index in [4.69, 9.17) is 10.6 Å². The number of nitrogens with two attached hydrogens (primary N) is 1. The first-order valence-corrected chi connectivity index (χ1v) is 5.89. The number of nitrogens with zero attached hydrogens (tertiary/aromatic N) is 4. The lowest BCUT2D eigenvalue weighted by molar-refractivity contribution is -0.132. The molecular weight excluding hydrogens is 250 g/mol. The molecule has 4 N–H and O–H groups in total. The molecule has 19 heavy (non-hydrogen) atoms. The van der Waals surface area contributed by atoms with Crippen molar-refractivity contribution in [1.82, 2.24) is 19.9 Å². The summed E-state index contributed by atoms with van der Waals surface area (Å²) < 4.78 is 4.96. The van der Waals surface area contributed by atoms with Gasteiger partial charge in [0, 0.05) is 26.1 Å². The molecule has 1 saturated heterocycles. The summed E-state index contributed by atoms with van der Waals surface area (Å²) in [5.74, 6) is 6.01. The lowest BCUT2D eigenvalue weighted by atomic mass is 10.1. The van der Waals surface area contributed by atoms with Crippen molar-refractivity contribution in [2.45, 2.75) is 18.9 Å². The predicted octanol–water partition coefficient (Wildman–Crippen LogP) is -0.802. The summed E-state index contributed by atoms with van der Waals surface area (Å²) in [6.07, 6.45) is 1.25. The molecule has 1 fully saturated rings. The lowest BCUT2D eigenvalue weighted by Gasteiger charge is -2.30. The van der Waals surface area contributed by atoms with Crippen molar-refractivity contribution < 1.29 is 9.53 Å². The number of ether oxygens (including phenoxy) is 1. The molecular formula is C10H17N7O2. The Labute approximate surface area is 110 Å². The molecule has 0 radical (unpaired) electrons. The third-order valence-electron chi connectivity index (χ3n) is 2.89. The van der Waals surface area contributed by atoms with Gasteiger partial charge in [0.15, 0.2) is 0 Å². The summed E-state index contributed by atoms with van der Waals surface area (Å²) in [5.41, 5.74) is 2.35. The number of carbonyl (C=O) groups is 1. The van der Waals surface area contributed by atoms with Crippen molar-refractivity contribution in [3.63, 3.8) is 0 Å². The zero-order valence-electron chi connectivity index (χ0n) is 10.9. The van der Waals surface area contributed by atoms with Gasteiger partial charge in [0.25, 0.3) is 0 Å². The van der Waals surface area contributed by atoms with Crippen molar-refractivity contribution >= 4 is 17.8 Å². The number of likely N-dealkylation sites (tertiary alicyclic amines) is 1. The molecule has 1 unspecified atom stereocenters. The van der Waals surface area contributed by atoms with Gasteiger partial charge in [-0.2, -0.15) is 15.0 Å². The van der Waals surface area contributed by atoms with Crippen LogP contribution >= 0.6 is 0 Å². The Morgan fingerprint density at radius 3 is 2.74 bits per heavy atom. The molecule has 1 aromatic heterocycles. The fourth-order valence-electron chi connectivity index (χ4n) is 1.89. The fourth-order valence-corrected chi connectivity index (χ4v) is 1.89. The first kappa shape index (κ1) is 13.3. The molecule has 0 aromatic carbocycles. The number of hydrogen-bond acceptors (Lipinski definition) is 8. The van der Waals surface area contributed by atoms with Gasteiger partial charge in [0.05, 0.1) is 7.11 Å². The van der Waals surface area contributed by atoms with Gasteiger partial charge in [-0.15, -0.1) is 0 Å². The zero-order valence-corrected chi connectivity index (χ0v) is 10.9. The Kier molecular flexibility index (Phi) is 3.95. The van der Waals surface area contributed by atoms with Gasteiger partial charge >= 0.3 is 6.01 Å². The zero-order chi connectivity index (χ0) is 13.8. The van der Waals surface area contributed by atoms with Crippen LogP contribution in [0.2, 0.25) is 0 Å². The number of piperidine rings is 1. The number of anilines is 2. The quantitative estimate of drug-likeness (QED) is 0.479. The smallest absolute Gasteiger partial charge is 0.322 e. The van der Waals surface area contributed by atoms with E-state index in [1.165, 1.54) is 7.11 Å². The molecule has 0 spiro atoms. The molecule has 2 rings (SSSR count). The highest BCUT2D eigenvalue weighted by molar-refractivity contribution is 5.76. The molecule has 0 bridgehead atoms. The number of aromatic nitrogens is 3. The van der Waals surface area contributed by atoms with Gasteiger partial charge in [-0.3, -0.25) is 10.2 Å². The van der Waals surface area contributed by atoms with Crippen molar-refractivity contribution in [2.24, 2.45) is 5.84 Å². The highest BCUT2D eigenvalue weighted by atomic mass is 16.5. The summed E-state index contributed by atoms with van der Waals surface area (Å²) in [4.78, 5) is 25.2. The summed E-state index contributed by atoms with van der Waals surface area (Å²) in [7, 11) is 3.24. The first-order chi connectivity index (χ1) is 9.12. The second-order valence-electron chi connectivity index (χ2n) is 4.27. The number of amides is 1. The Bertz CT molecular complexity index is 445. The van der Waals surface area contributed by atoms with E-state index in [1.807, 2.05) is 0 Å². The minimum atomic E-state index is 0.0976. The van der Waals surface area contributed by atoms with Crippen LogP contribution in [-0.2, 0) is 4.79 Å². The average Bonchev–Trinajstić information content (AvgIpc) is 2.42. The Hall–Kier alpha value is -2.16. The van der Waals surface area contributed by atoms with E-state index in [9.17, 15) is 4.79 Å². The SMILES string of the molecule is COc1nc(NN)nc(NC2CCC(=O)N(C)C2)n1. The highest BCUT2D eigenvalue weighted by Crippen LogP contribution is 2.16. The number of likely N-dealkylation sites (N-methyl/N-ethyl adjacent to an activating group) is 1. The second kappa shape index (κ2) is 5.65. The van der Waals surface area contributed by atoms with Crippen LogP contribution in [0.5, 0.6) is 6.01 Å². The molecule has 9 nitrogen and oxygen atoms in total.